The Morgan fingerprint density at radius 2 is 1.96 bits per heavy atom. The van der Waals surface area contributed by atoms with Gasteiger partial charge in [-0.25, -0.2) is 4.39 Å². The number of carbonyl (C=O) groups excluding carboxylic acids is 1. The maximum absolute atomic E-state index is 13.3. The molecule has 1 aliphatic rings. The van der Waals surface area contributed by atoms with Crippen molar-refractivity contribution < 1.29 is 23.8 Å². The van der Waals surface area contributed by atoms with Gasteiger partial charge in [0.15, 0.2) is 0 Å². The van der Waals surface area contributed by atoms with Crippen LogP contribution in [-0.4, -0.2) is 23.6 Å². The van der Waals surface area contributed by atoms with Gasteiger partial charge in [0.25, 0.3) is 0 Å². The molecule has 1 aromatic carbocycles. The Balaban J connectivity index is 2.00. The molecule has 1 aromatic rings. The second-order valence-electron chi connectivity index (χ2n) is 5.51. The number of anilines is 1. The summed E-state index contributed by atoms with van der Waals surface area (Å²) in [7, 11) is 0. The van der Waals surface area contributed by atoms with E-state index < -0.39 is 11.8 Å². The zero-order chi connectivity index (χ0) is 16.8. The Bertz CT molecular complexity index is 630. The molecule has 0 atom stereocenters. The molecule has 0 aliphatic heterocycles. The van der Waals surface area contributed by atoms with Gasteiger partial charge in [0.2, 0.25) is 5.91 Å². The van der Waals surface area contributed by atoms with E-state index in [9.17, 15) is 14.0 Å². The van der Waals surface area contributed by atoms with Crippen molar-refractivity contribution in [3.05, 3.63) is 24.0 Å². The highest BCUT2D eigenvalue weighted by molar-refractivity contribution is 5.94. The lowest BCUT2D eigenvalue weighted by Gasteiger charge is -2.25. The number of carboxylic acids is 1. The van der Waals surface area contributed by atoms with Crippen LogP contribution in [0.1, 0.15) is 25.7 Å². The Labute approximate surface area is 133 Å². The molecule has 0 radical (unpaired) electrons. The predicted molar refractivity (Wildman–Crippen MR) is 82.4 cm³/mol. The number of terminal acetylenes is 1. The molecule has 1 saturated carbocycles. The first-order valence-corrected chi connectivity index (χ1v) is 7.40. The lowest BCUT2D eigenvalue weighted by molar-refractivity contribution is -0.143. The van der Waals surface area contributed by atoms with E-state index in [1.165, 1.54) is 12.1 Å². The number of carbonyl (C=O) groups is 2. The standard InChI is InChI=1S/C17H18FNO4/c1-2-9-23-15-10-13(18)7-8-14(15)19-16(20)11-3-5-12(6-4-11)17(21)22/h1,7-8,10-12H,3-6,9H2,(H,19,20)(H,21,22). The minimum atomic E-state index is -0.813. The van der Waals surface area contributed by atoms with Gasteiger partial charge < -0.3 is 15.2 Å². The van der Waals surface area contributed by atoms with Crippen molar-refractivity contribution in [2.75, 3.05) is 11.9 Å². The van der Waals surface area contributed by atoms with Crippen LogP contribution in [-0.2, 0) is 9.59 Å². The van der Waals surface area contributed by atoms with Crippen LogP contribution in [0.4, 0.5) is 10.1 Å². The van der Waals surface area contributed by atoms with Crippen LogP contribution in [0.2, 0.25) is 0 Å². The number of carboxylic acid groups (broad SMARTS) is 1. The quantitative estimate of drug-likeness (QED) is 0.818. The van der Waals surface area contributed by atoms with Crippen LogP contribution in [0.3, 0.4) is 0 Å². The van der Waals surface area contributed by atoms with Gasteiger partial charge >= 0.3 is 5.97 Å². The van der Waals surface area contributed by atoms with Gasteiger partial charge in [-0.15, -0.1) is 6.42 Å². The van der Waals surface area contributed by atoms with Gasteiger partial charge in [0.1, 0.15) is 18.2 Å². The van der Waals surface area contributed by atoms with E-state index >= 15 is 0 Å². The minimum absolute atomic E-state index is 0.0317. The largest absolute Gasteiger partial charge is 0.481 e. The summed E-state index contributed by atoms with van der Waals surface area (Å²) < 4.78 is 18.5. The molecule has 1 fully saturated rings. The van der Waals surface area contributed by atoms with Gasteiger partial charge in [-0.05, 0) is 37.8 Å². The molecule has 5 nitrogen and oxygen atoms in total. The third-order valence-electron chi connectivity index (χ3n) is 3.96. The third kappa shape index (κ3) is 4.46. The fourth-order valence-electron chi connectivity index (χ4n) is 2.68. The van der Waals surface area contributed by atoms with Crippen molar-refractivity contribution in [1.29, 1.82) is 0 Å². The smallest absolute Gasteiger partial charge is 0.306 e. The first-order valence-electron chi connectivity index (χ1n) is 7.40. The van der Waals surface area contributed by atoms with Crippen LogP contribution >= 0.6 is 0 Å². The average Bonchev–Trinajstić information content (AvgIpc) is 2.55. The fourth-order valence-corrected chi connectivity index (χ4v) is 2.68. The molecule has 2 N–H and O–H groups in total. The molecule has 0 spiro atoms. The van der Waals surface area contributed by atoms with E-state index in [1.807, 2.05) is 0 Å². The molecule has 1 amide bonds. The minimum Gasteiger partial charge on any atom is -0.481 e. The lowest BCUT2D eigenvalue weighted by Crippen LogP contribution is -2.29. The van der Waals surface area contributed by atoms with Crippen molar-refractivity contribution in [3.8, 4) is 18.1 Å². The Kier molecular flexibility index (Phi) is 5.58. The highest BCUT2D eigenvalue weighted by Crippen LogP contribution is 2.31. The second-order valence-corrected chi connectivity index (χ2v) is 5.51. The summed E-state index contributed by atoms with van der Waals surface area (Å²) in [6.45, 7) is -0.0317. The van der Waals surface area contributed by atoms with E-state index in [-0.39, 0.29) is 30.1 Å². The van der Waals surface area contributed by atoms with Crippen LogP contribution in [0.15, 0.2) is 18.2 Å². The van der Waals surface area contributed by atoms with Gasteiger partial charge in [0, 0.05) is 12.0 Å². The number of nitrogens with one attached hydrogen (secondary N) is 1. The summed E-state index contributed by atoms with van der Waals surface area (Å²) in [4.78, 5) is 23.2. The molecule has 0 unspecified atom stereocenters. The zero-order valence-corrected chi connectivity index (χ0v) is 12.5. The molecule has 23 heavy (non-hydrogen) atoms. The first kappa shape index (κ1) is 16.8. The Hall–Kier alpha value is -2.55. The van der Waals surface area contributed by atoms with Crippen LogP contribution in [0, 0.1) is 30.0 Å². The number of aliphatic carboxylic acids is 1. The van der Waals surface area contributed by atoms with E-state index in [4.69, 9.17) is 16.3 Å². The highest BCUT2D eigenvalue weighted by Gasteiger charge is 2.30. The van der Waals surface area contributed by atoms with Gasteiger partial charge in [-0.3, -0.25) is 9.59 Å². The number of benzene rings is 1. The number of hydrogen-bond donors (Lipinski definition) is 2. The summed E-state index contributed by atoms with van der Waals surface area (Å²) in [5, 5.41) is 11.7. The number of ether oxygens (including phenoxy) is 1. The second kappa shape index (κ2) is 7.63. The van der Waals surface area contributed by atoms with E-state index in [2.05, 4.69) is 11.2 Å². The molecule has 1 aliphatic carbocycles. The summed E-state index contributed by atoms with van der Waals surface area (Å²) in [5.41, 5.74) is 0.354. The lowest BCUT2D eigenvalue weighted by atomic mass is 9.81. The predicted octanol–water partition coefficient (Wildman–Crippen LogP) is 2.67. The molecule has 0 bridgehead atoms. The number of rotatable bonds is 5. The number of amides is 1. The van der Waals surface area contributed by atoms with Crippen molar-refractivity contribution in [3.63, 3.8) is 0 Å². The average molecular weight is 319 g/mol. The summed E-state index contributed by atoms with van der Waals surface area (Å²) >= 11 is 0. The monoisotopic (exact) mass is 319 g/mol. The summed E-state index contributed by atoms with van der Waals surface area (Å²) in [6.07, 6.45) is 7.12. The fraction of sp³-hybridized carbons (Fsp3) is 0.412. The summed E-state index contributed by atoms with van der Waals surface area (Å²) in [6, 6.07) is 3.80. The molecule has 6 heteroatoms. The molecular formula is C17H18FNO4. The first-order chi connectivity index (χ1) is 11.0. The normalized spacial score (nSPS) is 20.3. The van der Waals surface area contributed by atoms with Crippen LogP contribution in [0.25, 0.3) is 0 Å². The Morgan fingerprint density at radius 1 is 1.30 bits per heavy atom. The topological polar surface area (TPSA) is 75.6 Å². The van der Waals surface area contributed by atoms with E-state index in [1.54, 1.807) is 0 Å². The SMILES string of the molecule is C#CCOc1cc(F)ccc1NC(=O)C1CCC(C(=O)O)CC1. The van der Waals surface area contributed by atoms with Gasteiger partial charge in [-0.1, -0.05) is 5.92 Å². The van der Waals surface area contributed by atoms with Crippen LogP contribution < -0.4 is 10.1 Å². The molecule has 0 saturated heterocycles. The maximum atomic E-state index is 13.3. The highest BCUT2D eigenvalue weighted by atomic mass is 19.1. The van der Waals surface area contributed by atoms with Gasteiger partial charge in [-0.2, -0.15) is 0 Å². The van der Waals surface area contributed by atoms with Crippen molar-refractivity contribution in [2.45, 2.75) is 25.7 Å². The molecule has 2 rings (SSSR count). The Morgan fingerprint density at radius 3 is 2.57 bits per heavy atom. The number of halogens is 1. The van der Waals surface area contributed by atoms with Crippen molar-refractivity contribution >= 4 is 17.6 Å². The maximum Gasteiger partial charge on any atom is 0.306 e. The molecule has 0 heterocycles. The molecule has 0 aromatic heterocycles. The van der Waals surface area contributed by atoms with Crippen molar-refractivity contribution in [1.82, 2.24) is 0 Å². The van der Waals surface area contributed by atoms with Crippen LogP contribution in [0.5, 0.6) is 5.75 Å². The third-order valence-corrected chi connectivity index (χ3v) is 3.96. The number of hydrogen-bond acceptors (Lipinski definition) is 3. The summed E-state index contributed by atoms with van der Waals surface area (Å²) in [5.74, 6) is 0.311. The zero-order valence-electron chi connectivity index (χ0n) is 12.5. The molecule has 122 valence electrons. The molecular weight excluding hydrogens is 301 g/mol. The van der Waals surface area contributed by atoms with Gasteiger partial charge in [0.05, 0.1) is 11.6 Å². The van der Waals surface area contributed by atoms with E-state index in [0.29, 0.717) is 31.4 Å². The van der Waals surface area contributed by atoms with E-state index in [0.717, 1.165) is 6.07 Å². The van der Waals surface area contributed by atoms with Crippen molar-refractivity contribution in [2.24, 2.45) is 11.8 Å².